The summed E-state index contributed by atoms with van der Waals surface area (Å²) >= 11 is 0. The minimum absolute atomic E-state index is 0.00639. The standard InChI is InChI=1S/C9H9F2NO3/c1-4-3-5(8(10)11)12-6(9(13)14)7(4)15-2/h3,8H,1-2H3,(H,13,14). The first-order valence-corrected chi connectivity index (χ1v) is 4.04. The molecule has 1 aromatic heterocycles. The number of rotatable bonds is 3. The molecule has 1 heterocycles. The molecular formula is C9H9F2NO3. The largest absolute Gasteiger partial charge is 0.494 e. The van der Waals surface area contributed by atoms with Gasteiger partial charge in [-0.1, -0.05) is 0 Å². The predicted octanol–water partition coefficient (Wildman–Crippen LogP) is 2.03. The number of aromatic nitrogens is 1. The Hall–Kier alpha value is -1.72. The molecule has 0 saturated heterocycles. The van der Waals surface area contributed by atoms with Crippen LogP contribution in [0.25, 0.3) is 0 Å². The van der Waals surface area contributed by atoms with E-state index in [-0.39, 0.29) is 5.75 Å². The van der Waals surface area contributed by atoms with E-state index in [0.29, 0.717) is 5.56 Å². The molecule has 15 heavy (non-hydrogen) atoms. The van der Waals surface area contributed by atoms with Crippen molar-refractivity contribution in [1.82, 2.24) is 4.98 Å². The van der Waals surface area contributed by atoms with E-state index in [1.165, 1.54) is 14.0 Å². The molecule has 0 unspecified atom stereocenters. The number of pyridine rings is 1. The van der Waals surface area contributed by atoms with Crippen molar-refractivity contribution in [2.24, 2.45) is 0 Å². The van der Waals surface area contributed by atoms with Gasteiger partial charge in [-0.15, -0.1) is 0 Å². The number of methoxy groups -OCH3 is 1. The van der Waals surface area contributed by atoms with Crippen molar-refractivity contribution < 1.29 is 23.4 Å². The normalized spacial score (nSPS) is 10.5. The molecule has 1 aromatic rings. The van der Waals surface area contributed by atoms with Crippen molar-refractivity contribution in [1.29, 1.82) is 0 Å². The molecule has 0 bridgehead atoms. The van der Waals surface area contributed by atoms with Crippen LogP contribution in [0.1, 0.15) is 28.2 Å². The van der Waals surface area contributed by atoms with E-state index in [9.17, 15) is 13.6 Å². The van der Waals surface area contributed by atoms with Crippen LogP contribution in [0.15, 0.2) is 6.07 Å². The van der Waals surface area contributed by atoms with Crippen molar-refractivity contribution in [2.45, 2.75) is 13.3 Å². The molecule has 4 nitrogen and oxygen atoms in total. The van der Waals surface area contributed by atoms with Crippen molar-refractivity contribution >= 4 is 5.97 Å². The Bertz CT molecular complexity index is 393. The van der Waals surface area contributed by atoms with E-state index >= 15 is 0 Å². The van der Waals surface area contributed by atoms with Gasteiger partial charge in [0.2, 0.25) is 0 Å². The summed E-state index contributed by atoms with van der Waals surface area (Å²) in [5.41, 5.74) is -0.737. The second-order valence-electron chi connectivity index (χ2n) is 2.85. The minimum Gasteiger partial charge on any atom is -0.494 e. The lowest BCUT2D eigenvalue weighted by molar-refractivity contribution is 0.0684. The summed E-state index contributed by atoms with van der Waals surface area (Å²) in [5.74, 6) is -1.38. The smallest absolute Gasteiger partial charge is 0.358 e. The zero-order valence-electron chi connectivity index (χ0n) is 8.12. The molecule has 6 heteroatoms. The average molecular weight is 217 g/mol. The van der Waals surface area contributed by atoms with Crippen molar-refractivity contribution in [2.75, 3.05) is 7.11 Å². The zero-order chi connectivity index (χ0) is 11.6. The van der Waals surface area contributed by atoms with Crippen molar-refractivity contribution in [3.05, 3.63) is 23.0 Å². The highest BCUT2D eigenvalue weighted by atomic mass is 19.3. The van der Waals surface area contributed by atoms with Gasteiger partial charge >= 0.3 is 5.97 Å². The van der Waals surface area contributed by atoms with Gasteiger partial charge in [-0.05, 0) is 18.6 Å². The molecule has 0 amide bonds. The van der Waals surface area contributed by atoms with Crippen LogP contribution in [0.3, 0.4) is 0 Å². The topological polar surface area (TPSA) is 59.4 Å². The summed E-state index contributed by atoms with van der Waals surface area (Å²) in [6.45, 7) is 1.48. The molecule has 82 valence electrons. The van der Waals surface area contributed by atoms with E-state index in [1.807, 2.05) is 0 Å². The van der Waals surface area contributed by atoms with Crippen LogP contribution in [0, 0.1) is 6.92 Å². The van der Waals surface area contributed by atoms with Gasteiger partial charge in [-0.3, -0.25) is 0 Å². The molecule has 0 aromatic carbocycles. The molecule has 0 aliphatic rings. The van der Waals surface area contributed by atoms with Crippen LogP contribution in [0.4, 0.5) is 8.78 Å². The van der Waals surface area contributed by atoms with Crippen LogP contribution < -0.4 is 4.74 Å². The average Bonchev–Trinajstić information content (AvgIpc) is 2.16. The van der Waals surface area contributed by atoms with Gasteiger partial charge in [0.15, 0.2) is 11.4 Å². The molecule has 0 aliphatic carbocycles. The van der Waals surface area contributed by atoms with Gasteiger partial charge in [-0.2, -0.15) is 0 Å². The number of alkyl halides is 2. The summed E-state index contributed by atoms with van der Waals surface area (Å²) in [7, 11) is 1.26. The number of ether oxygens (including phenoxy) is 1. The third kappa shape index (κ3) is 2.20. The highest BCUT2D eigenvalue weighted by molar-refractivity contribution is 5.89. The first-order chi connectivity index (χ1) is 6.97. The number of hydrogen-bond acceptors (Lipinski definition) is 3. The van der Waals surface area contributed by atoms with E-state index in [1.54, 1.807) is 0 Å². The summed E-state index contributed by atoms with van der Waals surface area (Å²) in [4.78, 5) is 14.0. The Labute approximate surface area is 84.5 Å². The van der Waals surface area contributed by atoms with Gasteiger partial charge in [0.25, 0.3) is 6.43 Å². The second-order valence-corrected chi connectivity index (χ2v) is 2.85. The number of nitrogens with zero attached hydrogens (tertiary/aromatic N) is 1. The van der Waals surface area contributed by atoms with Gasteiger partial charge in [0, 0.05) is 0 Å². The highest BCUT2D eigenvalue weighted by Crippen LogP contribution is 2.26. The Morgan fingerprint density at radius 1 is 1.60 bits per heavy atom. The first kappa shape index (κ1) is 11.4. The fourth-order valence-electron chi connectivity index (χ4n) is 1.20. The van der Waals surface area contributed by atoms with Crippen LogP contribution in [-0.2, 0) is 0 Å². The summed E-state index contributed by atoms with van der Waals surface area (Å²) in [6.07, 6.45) is -2.80. The Morgan fingerprint density at radius 3 is 2.60 bits per heavy atom. The fraction of sp³-hybridized carbons (Fsp3) is 0.333. The number of hydrogen-bond donors (Lipinski definition) is 1. The monoisotopic (exact) mass is 217 g/mol. The molecular weight excluding hydrogens is 208 g/mol. The second kappa shape index (κ2) is 4.20. The maximum Gasteiger partial charge on any atom is 0.358 e. The number of carboxylic acids is 1. The van der Waals surface area contributed by atoms with Crippen LogP contribution in [0.2, 0.25) is 0 Å². The number of carbonyl (C=O) groups is 1. The van der Waals surface area contributed by atoms with Gasteiger partial charge < -0.3 is 9.84 Å². The quantitative estimate of drug-likeness (QED) is 0.841. The zero-order valence-corrected chi connectivity index (χ0v) is 8.12. The maximum absolute atomic E-state index is 12.3. The molecule has 1 rings (SSSR count). The number of aryl methyl sites for hydroxylation is 1. The summed E-state index contributed by atoms with van der Waals surface area (Å²) in [5, 5.41) is 8.74. The molecule has 0 radical (unpaired) electrons. The van der Waals surface area contributed by atoms with Crippen molar-refractivity contribution in [3.63, 3.8) is 0 Å². The van der Waals surface area contributed by atoms with Crippen LogP contribution in [0.5, 0.6) is 5.75 Å². The molecule has 0 atom stereocenters. The predicted molar refractivity (Wildman–Crippen MR) is 47.4 cm³/mol. The van der Waals surface area contributed by atoms with E-state index in [4.69, 9.17) is 9.84 Å². The number of halogens is 2. The molecule has 0 saturated carbocycles. The lowest BCUT2D eigenvalue weighted by atomic mass is 10.2. The Kier molecular flexibility index (Phi) is 3.18. The van der Waals surface area contributed by atoms with Crippen LogP contribution in [-0.4, -0.2) is 23.2 Å². The third-order valence-electron chi connectivity index (χ3n) is 1.81. The lowest BCUT2D eigenvalue weighted by Gasteiger charge is -2.09. The number of carboxylic acid groups (broad SMARTS) is 1. The first-order valence-electron chi connectivity index (χ1n) is 4.04. The number of aromatic carboxylic acids is 1. The SMILES string of the molecule is COc1c(C)cc(C(F)F)nc1C(=O)O. The lowest BCUT2D eigenvalue weighted by Crippen LogP contribution is -2.08. The molecule has 0 aliphatic heterocycles. The highest BCUT2D eigenvalue weighted by Gasteiger charge is 2.20. The van der Waals surface area contributed by atoms with Gasteiger partial charge in [0.1, 0.15) is 5.69 Å². The van der Waals surface area contributed by atoms with E-state index in [2.05, 4.69) is 4.98 Å². The fourth-order valence-corrected chi connectivity index (χ4v) is 1.20. The summed E-state index contributed by atoms with van der Waals surface area (Å²) in [6, 6.07) is 1.11. The minimum atomic E-state index is -2.80. The Balaban J connectivity index is 3.38. The van der Waals surface area contributed by atoms with Gasteiger partial charge in [0.05, 0.1) is 7.11 Å². The summed E-state index contributed by atoms with van der Waals surface area (Å²) < 4.78 is 29.4. The molecule has 0 spiro atoms. The van der Waals surface area contributed by atoms with Crippen LogP contribution >= 0.6 is 0 Å². The van der Waals surface area contributed by atoms with E-state index < -0.39 is 23.8 Å². The van der Waals surface area contributed by atoms with E-state index in [0.717, 1.165) is 6.07 Å². The maximum atomic E-state index is 12.3. The molecule has 1 N–H and O–H groups in total. The third-order valence-corrected chi connectivity index (χ3v) is 1.81. The van der Waals surface area contributed by atoms with Gasteiger partial charge in [-0.25, -0.2) is 18.6 Å². The Morgan fingerprint density at radius 2 is 2.20 bits per heavy atom. The van der Waals surface area contributed by atoms with Crippen molar-refractivity contribution in [3.8, 4) is 5.75 Å². The molecule has 0 fully saturated rings.